The van der Waals surface area contributed by atoms with E-state index >= 15 is 0 Å². The van der Waals surface area contributed by atoms with Crippen LogP contribution in [0.5, 0.6) is 5.88 Å². The van der Waals surface area contributed by atoms with Crippen LogP contribution in [0.25, 0.3) is 10.9 Å². The summed E-state index contributed by atoms with van der Waals surface area (Å²) in [7, 11) is 0. The zero-order valence-electron chi connectivity index (χ0n) is 12.4. The molecule has 2 N–H and O–H groups in total. The third-order valence-electron chi connectivity index (χ3n) is 3.54. The molecule has 0 saturated heterocycles. The number of aryl methyl sites for hydroxylation is 1. The Balaban J connectivity index is 1.97. The van der Waals surface area contributed by atoms with Gasteiger partial charge in [-0.15, -0.1) is 10.2 Å². The van der Waals surface area contributed by atoms with E-state index in [1.807, 2.05) is 25.1 Å². The molecule has 0 atom stereocenters. The minimum Gasteiger partial charge on any atom is -0.493 e. The number of hydrogen-bond donors (Lipinski definition) is 2. The Kier molecular flexibility index (Phi) is 3.89. The smallest absolute Gasteiger partial charge is 0.295 e. The molecule has 6 heteroatoms. The first kappa shape index (κ1) is 14.9. The molecule has 3 aromatic rings. The number of nitrogens with zero attached hydrogens (tertiary/aromatic N) is 2. The number of carbonyl (C=O) groups excluding carboxylic acids is 1. The summed E-state index contributed by atoms with van der Waals surface area (Å²) in [5.74, 6) is -1.36. The molecule has 3 rings (SSSR count). The minimum atomic E-state index is -0.676. The standard InChI is InChI=1S/C17H14FN3O2/c1-2-10-6-7-14-13(8-10)15(17(23)19-14)20-21-16(22)11-4-3-5-12(18)9-11/h3-9,19,23H,2H2,1H3. The number of amides is 1. The molecule has 0 aliphatic carbocycles. The predicted molar refractivity (Wildman–Crippen MR) is 84.6 cm³/mol. The molecule has 0 spiro atoms. The first-order chi connectivity index (χ1) is 11.1. The van der Waals surface area contributed by atoms with Crippen molar-refractivity contribution in [1.82, 2.24) is 4.98 Å². The van der Waals surface area contributed by atoms with Crippen LogP contribution in [0.2, 0.25) is 0 Å². The Morgan fingerprint density at radius 2 is 2.09 bits per heavy atom. The van der Waals surface area contributed by atoms with E-state index < -0.39 is 11.7 Å². The van der Waals surface area contributed by atoms with Gasteiger partial charge in [0.05, 0.1) is 5.52 Å². The van der Waals surface area contributed by atoms with Crippen LogP contribution < -0.4 is 0 Å². The molecular formula is C17H14FN3O2. The highest BCUT2D eigenvalue weighted by Gasteiger charge is 2.12. The summed E-state index contributed by atoms with van der Waals surface area (Å²) in [5.41, 5.74) is 2.07. The van der Waals surface area contributed by atoms with Gasteiger partial charge >= 0.3 is 0 Å². The molecule has 0 aliphatic rings. The summed E-state index contributed by atoms with van der Waals surface area (Å²) in [5, 5.41) is 18.1. The van der Waals surface area contributed by atoms with E-state index in [0.29, 0.717) is 10.9 Å². The summed E-state index contributed by atoms with van der Waals surface area (Å²) >= 11 is 0. The number of aromatic amines is 1. The third-order valence-corrected chi connectivity index (χ3v) is 3.54. The van der Waals surface area contributed by atoms with Crippen LogP contribution in [0, 0.1) is 5.82 Å². The number of nitrogens with one attached hydrogen (secondary N) is 1. The number of H-pyrrole nitrogens is 1. The average Bonchev–Trinajstić information content (AvgIpc) is 2.87. The molecule has 2 aromatic carbocycles. The van der Waals surface area contributed by atoms with E-state index in [2.05, 4.69) is 15.2 Å². The monoisotopic (exact) mass is 311 g/mol. The lowest BCUT2D eigenvalue weighted by molar-refractivity contribution is 0.0994. The fourth-order valence-corrected chi connectivity index (χ4v) is 2.31. The number of azo groups is 1. The number of hydrogen-bond acceptors (Lipinski definition) is 3. The van der Waals surface area contributed by atoms with Crippen LogP contribution in [-0.4, -0.2) is 16.0 Å². The van der Waals surface area contributed by atoms with Crippen LogP contribution in [0.1, 0.15) is 22.8 Å². The van der Waals surface area contributed by atoms with Crippen molar-refractivity contribution in [2.75, 3.05) is 0 Å². The maximum atomic E-state index is 13.1. The maximum Gasteiger partial charge on any atom is 0.295 e. The number of rotatable bonds is 3. The van der Waals surface area contributed by atoms with E-state index in [1.165, 1.54) is 18.2 Å². The number of fused-ring (bicyclic) bond motifs is 1. The highest BCUT2D eigenvalue weighted by Crippen LogP contribution is 2.36. The van der Waals surface area contributed by atoms with E-state index in [-0.39, 0.29) is 17.1 Å². The first-order valence-electron chi connectivity index (χ1n) is 7.13. The molecule has 1 heterocycles. The fourth-order valence-electron chi connectivity index (χ4n) is 2.31. The van der Waals surface area contributed by atoms with Crippen molar-refractivity contribution in [2.45, 2.75) is 13.3 Å². The van der Waals surface area contributed by atoms with Crippen molar-refractivity contribution < 1.29 is 14.3 Å². The molecule has 1 aromatic heterocycles. The molecule has 5 nitrogen and oxygen atoms in total. The van der Waals surface area contributed by atoms with Crippen molar-refractivity contribution in [3.63, 3.8) is 0 Å². The molecule has 0 aliphatic heterocycles. The zero-order chi connectivity index (χ0) is 16.4. The Bertz CT molecular complexity index is 915. The van der Waals surface area contributed by atoms with Crippen molar-refractivity contribution in [3.05, 3.63) is 59.4 Å². The quantitative estimate of drug-likeness (QED) is 0.699. The molecule has 0 saturated carbocycles. The van der Waals surface area contributed by atoms with Crippen LogP contribution in [0.15, 0.2) is 52.7 Å². The summed E-state index contributed by atoms with van der Waals surface area (Å²) in [4.78, 5) is 14.7. The fraction of sp³-hybridized carbons (Fsp3) is 0.118. The van der Waals surface area contributed by atoms with Crippen LogP contribution >= 0.6 is 0 Å². The van der Waals surface area contributed by atoms with E-state index in [4.69, 9.17) is 0 Å². The van der Waals surface area contributed by atoms with Gasteiger partial charge in [-0.25, -0.2) is 4.39 Å². The third kappa shape index (κ3) is 2.96. The van der Waals surface area contributed by atoms with E-state index in [1.54, 1.807) is 0 Å². The van der Waals surface area contributed by atoms with Gasteiger partial charge in [0.2, 0.25) is 5.88 Å². The highest BCUT2D eigenvalue weighted by atomic mass is 19.1. The average molecular weight is 311 g/mol. The molecule has 116 valence electrons. The lowest BCUT2D eigenvalue weighted by Crippen LogP contribution is -1.93. The second-order valence-electron chi connectivity index (χ2n) is 5.07. The van der Waals surface area contributed by atoms with E-state index in [0.717, 1.165) is 18.1 Å². The number of aromatic nitrogens is 1. The van der Waals surface area contributed by atoms with Gasteiger partial charge in [0.15, 0.2) is 5.69 Å². The molecule has 23 heavy (non-hydrogen) atoms. The van der Waals surface area contributed by atoms with Gasteiger partial charge in [0.1, 0.15) is 5.82 Å². The van der Waals surface area contributed by atoms with Gasteiger partial charge in [-0.05, 0) is 42.3 Å². The second kappa shape index (κ2) is 6.00. The van der Waals surface area contributed by atoms with Crippen molar-refractivity contribution in [3.8, 4) is 5.88 Å². The van der Waals surface area contributed by atoms with Crippen molar-refractivity contribution in [1.29, 1.82) is 0 Å². The first-order valence-corrected chi connectivity index (χ1v) is 7.13. The Morgan fingerprint density at radius 1 is 1.26 bits per heavy atom. The summed E-state index contributed by atoms with van der Waals surface area (Å²) in [6.45, 7) is 2.02. The summed E-state index contributed by atoms with van der Waals surface area (Å²) in [6.07, 6.45) is 0.834. The van der Waals surface area contributed by atoms with Gasteiger partial charge in [0, 0.05) is 10.9 Å². The van der Waals surface area contributed by atoms with Gasteiger partial charge in [-0.3, -0.25) is 4.79 Å². The van der Waals surface area contributed by atoms with Gasteiger partial charge < -0.3 is 10.1 Å². The maximum absolute atomic E-state index is 13.1. The number of halogens is 1. The SMILES string of the molecule is CCc1ccc2[nH]c(O)c(N=NC(=O)c3cccc(F)c3)c2c1. The number of carbonyl (C=O) groups is 1. The topological polar surface area (TPSA) is 77.8 Å². The lowest BCUT2D eigenvalue weighted by Gasteiger charge is -1.97. The Morgan fingerprint density at radius 3 is 2.83 bits per heavy atom. The molecular weight excluding hydrogens is 297 g/mol. The molecule has 0 bridgehead atoms. The summed E-state index contributed by atoms with van der Waals surface area (Å²) < 4.78 is 13.1. The number of benzene rings is 2. The Hall–Kier alpha value is -3.02. The zero-order valence-corrected chi connectivity index (χ0v) is 12.4. The second-order valence-corrected chi connectivity index (χ2v) is 5.07. The predicted octanol–water partition coefficient (Wildman–Crippen LogP) is 4.50. The molecule has 0 fully saturated rings. The van der Waals surface area contributed by atoms with Crippen LogP contribution in [-0.2, 0) is 6.42 Å². The summed E-state index contributed by atoms with van der Waals surface area (Å²) in [6, 6.07) is 10.9. The largest absolute Gasteiger partial charge is 0.493 e. The van der Waals surface area contributed by atoms with Crippen molar-refractivity contribution in [2.24, 2.45) is 10.2 Å². The molecule has 0 radical (unpaired) electrons. The molecule has 1 amide bonds. The van der Waals surface area contributed by atoms with Crippen molar-refractivity contribution >= 4 is 22.5 Å². The highest BCUT2D eigenvalue weighted by molar-refractivity contribution is 5.97. The van der Waals surface area contributed by atoms with E-state index in [9.17, 15) is 14.3 Å². The Labute approximate surface area is 131 Å². The van der Waals surface area contributed by atoms with Crippen LogP contribution in [0.4, 0.5) is 10.1 Å². The van der Waals surface area contributed by atoms with Gasteiger partial charge in [-0.1, -0.05) is 19.1 Å². The molecule has 0 unspecified atom stereocenters. The van der Waals surface area contributed by atoms with Gasteiger partial charge in [-0.2, -0.15) is 0 Å². The minimum absolute atomic E-state index is 0.0994. The number of aromatic hydroxyl groups is 1. The van der Waals surface area contributed by atoms with Crippen LogP contribution in [0.3, 0.4) is 0 Å². The lowest BCUT2D eigenvalue weighted by atomic mass is 10.1. The normalized spacial score (nSPS) is 11.4. The van der Waals surface area contributed by atoms with Gasteiger partial charge in [0.25, 0.3) is 5.91 Å².